The summed E-state index contributed by atoms with van der Waals surface area (Å²) in [5, 5.41) is 7.32. The third-order valence-electron chi connectivity index (χ3n) is 2.52. The molecule has 0 aliphatic heterocycles. The first-order valence-electron chi connectivity index (χ1n) is 5.10. The van der Waals surface area contributed by atoms with Crippen molar-refractivity contribution < 1.29 is 0 Å². The lowest BCUT2D eigenvalue weighted by Crippen LogP contribution is -2.05. The summed E-state index contributed by atoms with van der Waals surface area (Å²) in [6, 6.07) is 3.93. The van der Waals surface area contributed by atoms with E-state index in [1.54, 1.807) is 17.1 Å². The normalized spacial score (nSPS) is 10.4. The number of aromatic nitrogens is 3. The number of pyridine rings is 1. The van der Waals surface area contributed by atoms with Gasteiger partial charge in [0.25, 0.3) is 0 Å². The van der Waals surface area contributed by atoms with E-state index in [1.807, 2.05) is 26.1 Å². The molecule has 2 aromatic rings. The van der Waals surface area contributed by atoms with E-state index in [0.717, 1.165) is 16.9 Å². The Labute approximate surface area is 94.3 Å². The number of rotatable bonds is 3. The molecule has 2 rings (SSSR count). The summed E-state index contributed by atoms with van der Waals surface area (Å²) in [7, 11) is 1.82. The van der Waals surface area contributed by atoms with Crippen molar-refractivity contribution in [2.24, 2.45) is 7.05 Å². The van der Waals surface area contributed by atoms with Crippen molar-refractivity contribution in [3.05, 3.63) is 35.7 Å². The van der Waals surface area contributed by atoms with E-state index < -0.39 is 0 Å². The molecule has 2 aromatic heterocycles. The molecule has 84 valence electrons. The van der Waals surface area contributed by atoms with Gasteiger partial charge in [-0.25, -0.2) is 4.98 Å². The molecule has 16 heavy (non-hydrogen) atoms. The molecule has 0 bridgehead atoms. The standard InChI is InChI=1S/C11H15N5/c1-8-4-3-5-13-11(8)14-6-9-7-15-16(2)10(9)12/h3-5,7H,6,12H2,1-2H3,(H,13,14). The van der Waals surface area contributed by atoms with Crippen LogP contribution in [0.3, 0.4) is 0 Å². The molecule has 0 saturated carbocycles. The highest BCUT2D eigenvalue weighted by molar-refractivity contribution is 5.46. The van der Waals surface area contributed by atoms with Gasteiger partial charge in [0.1, 0.15) is 11.6 Å². The molecule has 5 heteroatoms. The maximum Gasteiger partial charge on any atom is 0.129 e. The molecule has 0 atom stereocenters. The van der Waals surface area contributed by atoms with E-state index in [-0.39, 0.29) is 0 Å². The third-order valence-corrected chi connectivity index (χ3v) is 2.52. The molecule has 0 saturated heterocycles. The highest BCUT2D eigenvalue weighted by Gasteiger charge is 2.05. The van der Waals surface area contributed by atoms with Crippen LogP contribution in [0.4, 0.5) is 11.6 Å². The van der Waals surface area contributed by atoms with Gasteiger partial charge in [-0.05, 0) is 18.6 Å². The third kappa shape index (κ3) is 1.98. The van der Waals surface area contributed by atoms with Crippen molar-refractivity contribution in [2.45, 2.75) is 13.5 Å². The van der Waals surface area contributed by atoms with Crippen LogP contribution in [-0.2, 0) is 13.6 Å². The highest BCUT2D eigenvalue weighted by atomic mass is 15.3. The molecule has 5 nitrogen and oxygen atoms in total. The second-order valence-electron chi connectivity index (χ2n) is 3.70. The van der Waals surface area contributed by atoms with Gasteiger partial charge in [-0.15, -0.1) is 0 Å². The molecule has 0 aliphatic rings. The van der Waals surface area contributed by atoms with Crippen molar-refractivity contribution in [1.82, 2.24) is 14.8 Å². The number of nitrogens with zero attached hydrogens (tertiary/aromatic N) is 3. The van der Waals surface area contributed by atoms with Gasteiger partial charge in [0.05, 0.1) is 6.20 Å². The Morgan fingerprint density at radius 3 is 2.94 bits per heavy atom. The summed E-state index contributed by atoms with van der Waals surface area (Å²) in [5.41, 5.74) is 7.94. The Hall–Kier alpha value is -2.04. The predicted octanol–water partition coefficient (Wildman–Crippen LogP) is 1.32. The molecular weight excluding hydrogens is 202 g/mol. The average Bonchev–Trinajstić information content (AvgIpc) is 2.59. The van der Waals surface area contributed by atoms with E-state index in [9.17, 15) is 0 Å². The fraction of sp³-hybridized carbons (Fsp3) is 0.273. The van der Waals surface area contributed by atoms with Crippen LogP contribution >= 0.6 is 0 Å². The molecular formula is C11H15N5. The molecule has 3 N–H and O–H groups in total. The first-order chi connectivity index (χ1) is 7.68. The summed E-state index contributed by atoms with van der Waals surface area (Å²) in [6.07, 6.45) is 3.53. The van der Waals surface area contributed by atoms with Crippen LogP contribution in [0.15, 0.2) is 24.5 Å². The Morgan fingerprint density at radius 1 is 1.50 bits per heavy atom. The quantitative estimate of drug-likeness (QED) is 0.813. The van der Waals surface area contributed by atoms with Gasteiger partial charge in [-0.2, -0.15) is 5.10 Å². The minimum Gasteiger partial charge on any atom is -0.384 e. The van der Waals surface area contributed by atoms with Crippen LogP contribution in [0.5, 0.6) is 0 Å². The summed E-state index contributed by atoms with van der Waals surface area (Å²) >= 11 is 0. The molecule has 0 aliphatic carbocycles. The van der Waals surface area contributed by atoms with Crippen molar-refractivity contribution in [2.75, 3.05) is 11.1 Å². The molecule has 0 unspecified atom stereocenters. The number of hydrogen-bond acceptors (Lipinski definition) is 4. The zero-order valence-electron chi connectivity index (χ0n) is 9.44. The fourth-order valence-corrected chi connectivity index (χ4v) is 1.48. The van der Waals surface area contributed by atoms with Crippen LogP contribution in [0.2, 0.25) is 0 Å². The van der Waals surface area contributed by atoms with Gasteiger partial charge in [0.15, 0.2) is 0 Å². The predicted molar refractivity (Wildman–Crippen MR) is 63.9 cm³/mol. The van der Waals surface area contributed by atoms with Gasteiger partial charge in [0, 0.05) is 25.4 Å². The molecule has 0 aromatic carbocycles. The molecule has 0 spiro atoms. The van der Waals surface area contributed by atoms with E-state index in [0.29, 0.717) is 12.4 Å². The Morgan fingerprint density at radius 2 is 2.31 bits per heavy atom. The largest absolute Gasteiger partial charge is 0.384 e. The minimum absolute atomic E-state index is 0.636. The lowest BCUT2D eigenvalue weighted by molar-refractivity contribution is 0.778. The summed E-state index contributed by atoms with van der Waals surface area (Å²) in [4.78, 5) is 4.25. The number of hydrogen-bond donors (Lipinski definition) is 2. The molecule has 2 heterocycles. The van der Waals surface area contributed by atoms with Crippen LogP contribution in [-0.4, -0.2) is 14.8 Å². The molecule has 0 amide bonds. The average molecular weight is 217 g/mol. The number of nitrogens with two attached hydrogens (primary N) is 1. The SMILES string of the molecule is Cc1cccnc1NCc1cnn(C)c1N. The van der Waals surface area contributed by atoms with Crippen LogP contribution in [0.25, 0.3) is 0 Å². The smallest absolute Gasteiger partial charge is 0.129 e. The maximum atomic E-state index is 5.84. The summed E-state index contributed by atoms with van der Waals surface area (Å²) in [6.45, 7) is 2.65. The number of nitrogens with one attached hydrogen (secondary N) is 1. The second-order valence-corrected chi connectivity index (χ2v) is 3.70. The second kappa shape index (κ2) is 4.22. The lowest BCUT2D eigenvalue weighted by atomic mass is 10.2. The lowest BCUT2D eigenvalue weighted by Gasteiger charge is -2.07. The van der Waals surface area contributed by atoms with E-state index in [2.05, 4.69) is 15.4 Å². The first kappa shape index (κ1) is 10.5. The number of nitrogen functional groups attached to an aromatic ring is 1. The van der Waals surface area contributed by atoms with E-state index in [1.165, 1.54) is 0 Å². The Bertz CT molecular complexity index is 489. The van der Waals surface area contributed by atoms with Gasteiger partial charge in [-0.1, -0.05) is 6.07 Å². The fourth-order valence-electron chi connectivity index (χ4n) is 1.48. The van der Waals surface area contributed by atoms with Crippen LogP contribution in [0, 0.1) is 6.92 Å². The number of aryl methyl sites for hydroxylation is 2. The van der Waals surface area contributed by atoms with Crippen LogP contribution < -0.4 is 11.1 Å². The highest BCUT2D eigenvalue weighted by Crippen LogP contribution is 2.14. The van der Waals surface area contributed by atoms with Crippen molar-refractivity contribution in [3.63, 3.8) is 0 Å². The Kier molecular flexibility index (Phi) is 2.76. The van der Waals surface area contributed by atoms with E-state index >= 15 is 0 Å². The van der Waals surface area contributed by atoms with Gasteiger partial charge in [-0.3, -0.25) is 4.68 Å². The zero-order valence-corrected chi connectivity index (χ0v) is 9.44. The minimum atomic E-state index is 0.636. The molecule has 0 radical (unpaired) electrons. The molecule has 0 fully saturated rings. The van der Waals surface area contributed by atoms with Crippen molar-refractivity contribution >= 4 is 11.6 Å². The van der Waals surface area contributed by atoms with Gasteiger partial charge in [0.2, 0.25) is 0 Å². The summed E-state index contributed by atoms with van der Waals surface area (Å²) in [5.74, 6) is 1.56. The van der Waals surface area contributed by atoms with Gasteiger partial charge >= 0.3 is 0 Å². The Balaban J connectivity index is 2.08. The van der Waals surface area contributed by atoms with Crippen molar-refractivity contribution in [3.8, 4) is 0 Å². The van der Waals surface area contributed by atoms with Gasteiger partial charge < -0.3 is 11.1 Å². The topological polar surface area (TPSA) is 68.8 Å². The van der Waals surface area contributed by atoms with Crippen LogP contribution in [0.1, 0.15) is 11.1 Å². The summed E-state index contributed by atoms with van der Waals surface area (Å²) < 4.78 is 1.66. The van der Waals surface area contributed by atoms with Crippen molar-refractivity contribution in [1.29, 1.82) is 0 Å². The number of anilines is 2. The monoisotopic (exact) mass is 217 g/mol. The first-order valence-corrected chi connectivity index (χ1v) is 5.10. The zero-order chi connectivity index (χ0) is 11.5. The van der Waals surface area contributed by atoms with E-state index in [4.69, 9.17) is 5.73 Å². The maximum absolute atomic E-state index is 5.84.